The standard InChI is InChI=1S/C17H17BrFNO3/c1-11(12-6-7-16(22-2)15(19)8-12)20-17(21)10-23-14-5-3-4-13(18)9-14/h3-9,11H,10H2,1-2H3,(H,20,21). The zero-order valence-corrected chi connectivity index (χ0v) is 14.4. The van der Waals surface area contributed by atoms with Gasteiger partial charge in [-0.1, -0.05) is 28.1 Å². The Hall–Kier alpha value is -2.08. The maximum absolute atomic E-state index is 13.7. The zero-order valence-electron chi connectivity index (χ0n) is 12.8. The third kappa shape index (κ3) is 4.96. The van der Waals surface area contributed by atoms with E-state index >= 15 is 0 Å². The molecule has 0 aliphatic carbocycles. The summed E-state index contributed by atoms with van der Waals surface area (Å²) in [4.78, 5) is 11.9. The molecule has 1 N–H and O–H groups in total. The summed E-state index contributed by atoms with van der Waals surface area (Å²) in [5.41, 5.74) is 0.652. The summed E-state index contributed by atoms with van der Waals surface area (Å²) < 4.78 is 24.8. The number of hydrogen-bond donors (Lipinski definition) is 1. The highest BCUT2D eigenvalue weighted by Gasteiger charge is 2.12. The second kappa shape index (κ2) is 7.97. The normalized spacial score (nSPS) is 11.7. The van der Waals surface area contributed by atoms with Crippen molar-refractivity contribution < 1.29 is 18.7 Å². The molecule has 1 unspecified atom stereocenters. The van der Waals surface area contributed by atoms with Crippen LogP contribution in [0, 0.1) is 5.82 Å². The van der Waals surface area contributed by atoms with Gasteiger partial charge in [-0.3, -0.25) is 4.79 Å². The molecule has 0 aliphatic rings. The number of rotatable bonds is 6. The van der Waals surface area contributed by atoms with E-state index in [0.29, 0.717) is 11.3 Å². The number of benzene rings is 2. The Balaban J connectivity index is 1.90. The van der Waals surface area contributed by atoms with Gasteiger partial charge in [0.1, 0.15) is 5.75 Å². The predicted molar refractivity (Wildman–Crippen MR) is 89.1 cm³/mol. The number of carbonyl (C=O) groups is 1. The van der Waals surface area contributed by atoms with Crippen LogP contribution in [0.15, 0.2) is 46.9 Å². The van der Waals surface area contributed by atoms with E-state index in [2.05, 4.69) is 21.2 Å². The minimum Gasteiger partial charge on any atom is -0.494 e. The van der Waals surface area contributed by atoms with Crippen LogP contribution >= 0.6 is 15.9 Å². The van der Waals surface area contributed by atoms with Crippen LogP contribution in [0.4, 0.5) is 4.39 Å². The highest BCUT2D eigenvalue weighted by molar-refractivity contribution is 9.10. The first-order chi connectivity index (χ1) is 11.0. The van der Waals surface area contributed by atoms with Crippen molar-refractivity contribution in [1.82, 2.24) is 5.32 Å². The Labute approximate surface area is 142 Å². The van der Waals surface area contributed by atoms with Gasteiger partial charge in [0, 0.05) is 4.47 Å². The fraction of sp³-hybridized carbons (Fsp3) is 0.235. The molecule has 122 valence electrons. The molecule has 6 heteroatoms. The van der Waals surface area contributed by atoms with Crippen molar-refractivity contribution >= 4 is 21.8 Å². The molecule has 4 nitrogen and oxygen atoms in total. The van der Waals surface area contributed by atoms with E-state index in [-0.39, 0.29) is 24.3 Å². The summed E-state index contributed by atoms with van der Waals surface area (Å²) in [5, 5.41) is 2.76. The molecular weight excluding hydrogens is 365 g/mol. The lowest BCUT2D eigenvalue weighted by atomic mass is 10.1. The van der Waals surface area contributed by atoms with Gasteiger partial charge in [0.05, 0.1) is 13.2 Å². The molecule has 23 heavy (non-hydrogen) atoms. The molecule has 1 atom stereocenters. The highest BCUT2D eigenvalue weighted by atomic mass is 79.9. The van der Waals surface area contributed by atoms with Gasteiger partial charge in [-0.25, -0.2) is 4.39 Å². The molecule has 0 bridgehead atoms. The smallest absolute Gasteiger partial charge is 0.258 e. The van der Waals surface area contributed by atoms with E-state index in [0.717, 1.165) is 4.47 Å². The molecule has 2 aromatic rings. The Kier molecular flexibility index (Phi) is 5.98. The van der Waals surface area contributed by atoms with Crippen molar-refractivity contribution in [2.24, 2.45) is 0 Å². The summed E-state index contributed by atoms with van der Waals surface area (Å²) in [6, 6.07) is 11.5. The van der Waals surface area contributed by atoms with Gasteiger partial charge in [-0.05, 0) is 42.8 Å². The Bertz CT molecular complexity index is 693. The van der Waals surface area contributed by atoms with Crippen LogP contribution in [0.5, 0.6) is 11.5 Å². The fourth-order valence-electron chi connectivity index (χ4n) is 2.02. The van der Waals surface area contributed by atoms with Crippen LogP contribution in [0.1, 0.15) is 18.5 Å². The molecule has 0 aromatic heterocycles. The van der Waals surface area contributed by atoms with Crippen LogP contribution in [0.3, 0.4) is 0 Å². The third-order valence-corrected chi connectivity index (χ3v) is 3.71. The van der Waals surface area contributed by atoms with Gasteiger partial charge >= 0.3 is 0 Å². The number of ether oxygens (including phenoxy) is 2. The van der Waals surface area contributed by atoms with E-state index in [1.54, 1.807) is 25.1 Å². The molecule has 0 radical (unpaired) electrons. The zero-order chi connectivity index (χ0) is 16.8. The summed E-state index contributed by atoms with van der Waals surface area (Å²) in [5.74, 6) is 0.0214. The topological polar surface area (TPSA) is 47.6 Å². The van der Waals surface area contributed by atoms with E-state index in [1.165, 1.54) is 19.2 Å². The number of carbonyl (C=O) groups excluding carboxylic acids is 1. The first-order valence-electron chi connectivity index (χ1n) is 7.00. The number of nitrogens with one attached hydrogen (secondary N) is 1. The lowest BCUT2D eigenvalue weighted by Crippen LogP contribution is -2.31. The van der Waals surface area contributed by atoms with Crippen molar-refractivity contribution in [1.29, 1.82) is 0 Å². The van der Waals surface area contributed by atoms with Crippen LogP contribution in [-0.2, 0) is 4.79 Å². The first kappa shape index (κ1) is 17.3. The van der Waals surface area contributed by atoms with Crippen molar-refractivity contribution in [2.75, 3.05) is 13.7 Å². The van der Waals surface area contributed by atoms with Gasteiger partial charge < -0.3 is 14.8 Å². The minimum atomic E-state index is -0.462. The van der Waals surface area contributed by atoms with Crippen molar-refractivity contribution in [2.45, 2.75) is 13.0 Å². The molecule has 0 aliphatic heterocycles. The quantitative estimate of drug-likeness (QED) is 0.826. The van der Waals surface area contributed by atoms with Gasteiger partial charge in [-0.15, -0.1) is 0 Å². The maximum atomic E-state index is 13.7. The van der Waals surface area contributed by atoms with Crippen LogP contribution < -0.4 is 14.8 Å². The number of methoxy groups -OCH3 is 1. The van der Waals surface area contributed by atoms with Gasteiger partial charge in [-0.2, -0.15) is 0 Å². The Morgan fingerprint density at radius 2 is 2.09 bits per heavy atom. The molecular formula is C17H17BrFNO3. The molecule has 0 spiro atoms. The average molecular weight is 382 g/mol. The minimum absolute atomic E-state index is 0.112. The van der Waals surface area contributed by atoms with Gasteiger partial charge in [0.15, 0.2) is 18.2 Å². The highest BCUT2D eigenvalue weighted by Crippen LogP contribution is 2.22. The number of halogens is 2. The van der Waals surface area contributed by atoms with Gasteiger partial charge in [0.2, 0.25) is 0 Å². The molecule has 2 aromatic carbocycles. The molecule has 2 rings (SSSR count). The monoisotopic (exact) mass is 381 g/mol. The van der Waals surface area contributed by atoms with Crippen molar-refractivity contribution in [3.05, 3.63) is 58.3 Å². The summed E-state index contributed by atoms with van der Waals surface area (Å²) in [6.45, 7) is 1.66. The third-order valence-electron chi connectivity index (χ3n) is 3.22. The van der Waals surface area contributed by atoms with E-state index in [4.69, 9.17) is 9.47 Å². The van der Waals surface area contributed by atoms with Crippen LogP contribution in [-0.4, -0.2) is 19.6 Å². The molecule has 1 amide bonds. The lowest BCUT2D eigenvalue weighted by Gasteiger charge is -2.15. The second-order valence-electron chi connectivity index (χ2n) is 4.93. The maximum Gasteiger partial charge on any atom is 0.258 e. The SMILES string of the molecule is COc1ccc(C(C)NC(=O)COc2cccc(Br)c2)cc1F. The molecule has 0 saturated heterocycles. The second-order valence-corrected chi connectivity index (χ2v) is 5.84. The summed E-state index contributed by atoms with van der Waals surface area (Å²) >= 11 is 3.33. The molecule has 0 fully saturated rings. The average Bonchev–Trinajstić information content (AvgIpc) is 2.53. The summed E-state index contributed by atoms with van der Waals surface area (Å²) in [6.07, 6.45) is 0. The largest absolute Gasteiger partial charge is 0.494 e. The molecule has 0 heterocycles. The lowest BCUT2D eigenvalue weighted by molar-refractivity contribution is -0.123. The number of hydrogen-bond acceptors (Lipinski definition) is 3. The molecule has 0 saturated carbocycles. The fourth-order valence-corrected chi connectivity index (χ4v) is 2.40. The Morgan fingerprint density at radius 3 is 2.74 bits per heavy atom. The van der Waals surface area contributed by atoms with E-state index < -0.39 is 5.82 Å². The number of amides is 1. The van der Waals surface area contributed by atoms with Gasteiger partial charge in [0.25, 0.3) is 5.91 Å². The van der Waals surface area contributed by atoms with E-state index in [9.17, 15) is 9.18 Å². The van der Waals surface area contributed by atoms with Crippen LogP contribution in [0.2, 0.25) is 0 Å². The predicted octanol–water partition coefficient (Wildman–Crippen LogP) is 3.85. The Morgan fingerprint density at radius 1 is 1.30 bits per heavy atom. The van der Waals surface area contributed by atoms with E-state index in [1.807, 2.05) is 12.1 Å². The summed E-state index contributed by atoms with van der Waals surface area (Å²) in [7, 11) is 1.41. The van der Waals surface area contributed by atoms with Crippen molar-refractivity contribution in [3.63, 3.8) is 0 Å². The van der Waals surface area contributed by atoms with Crippen molar-refractivity contribution in [3.8, 4) is 11.5 Å². The van der Waals surface area contributed by atoms with Crippen LogP contribution in [0.25, 0.3) is 0 Å². The first-order valence-corrected chi connectivity index (χ1v) is 7.80.